The summed E-state index contributed by atoms with van der Waals surface area (Å²) in [7, 11) is 0. The van der Waals surface area contributed by atoms with E-state index in [1.807, 2.05) is 32.0 Å². The van der Waals surface area contributed by atoms with Crippen LogP contribution in [0.3, 0.4) is 0 Å². The van der Waals surface area contributed by atoms with Crippen LogP contribution in [-0.4, -0.2) is 24.1 Å². The van der Waals surface area contributed by atoms with Gasteiger partial charge >= 0.3 is 0 Å². The average Bonchev–Trinajstić information content (AvgIpc) is 2.29. The van der Waals surface area contributed by atoms with Crippen molar-refractivity contribution in [3.8, 4) is 5.75 Å². The minimum Gasteiger partial charge on any atom is -0.479 e. The number of benzene rings is 1. The van der Waals surface area contributed by atoms with Crippen molar-refractivity contribution in [2.24, 2.45) is 5.73 Å². The highest BCUT2D eigenvalue weighted by Gasteiger charge is 2.23. The van der Waals surface area contributed by atoms with E-state index < -0.39 is 6.10 Å². The Hall–Kier alpha value is -1.75. The molecule has 0 aromatic heterocycles. The summed E-state index contributed by atoms with van der Waals surface area (Å²) in [6.45, 7) is 6.51. The van der Waals surface area contributed by atoms with Crippen LogP contribution in [0.15, 0.2) is 18.2 Å². The van der Waals surface area contributed by atoms with E-state index in [1.165, 1.54) is 0 Å². The summed E-state index contributed by atoms with van der Waals surface area (Å²) in [6.07, 6.45) is 0.425. The Balaban J connectivity index is 2.01. The predicted molar refractivity (Wildman–Crippen MR) is 76.5 cm³/mol. The molecular formula is C14H21N3O2. The third-order valence-corrected chi connectivity index (χ3v) is 3.01. The lowest BCUT2D eigenvalue weighted by molar-refractivity contribution is -0.122. The van der Waals surface area contributed by atoms with E-state index in [4.69, 9.17) is 10.5 Å². The summed E-state index contributed by atoms with van der Waals surface area (Å²) in [6, 6.07) is 5.68. The third kappa shape index (κ3) is 3.61. The number of carbonyl (C=O) groups is 1. The fourth-order valence-electron chi connectivity index (χ4n) is 1.85. The number of ether oxygens (including phenoxy) is 1. The summed E-state index contributed by atoms with van der Waals surface area (Å²) < 4.78 is 5.50. The lowest BCUT2D eigenvalue weighted by Crippen LogP contribution is -2.34. The van der Waals surface area contributed by atoms with Crippen molar-refractivity contribution >= 4 is 17.3 Å². The number of hydrogen-bond donors (Lipinski definition) is 3. The highest BCUT2D eigenvalue weighted by Crippen LogP contribution is 2.32. The monoisotopic (exact) mass is 263 g/mol. The molecule has 1 amide bonds. The molecule has 1 aliphatic heterocycles. The van der Waals surface area contributed by atoms with Crippen LogP contribution in [0.5, 0.6) is 5.75 Å². The SMILES string of the molecule is CC1Oc2ccc(NCCC(C)(C)N)cc2NC1=O. The number of amides is 1. The van der Waals surface area contributed by atoms with Gasteiger partial charge in [-0.15, -0.1) is 0 Å². The van der Waals surface area contributed by atoms with Crippen molar-refractivity contribution in [3.63, 3.8) is 0 Å². The highest BCUT2D eigenvalue weighted by atomic mass is 16.5. The number of anilines is 2. The predicted octanol–water partition coefficient (Wildman–Crippen LogP) is 1.95. The van der Waals surface area contributed by atoms with Crippen molar-refractivity contribution in [3.05, 3.63) is 18.2 Å². The molecule has 1 unspecified atom stereocenters. The quantitative estimate of drug-likeness (QED) is 0.776. The first kappa shape index (κ1) is 13.7. The number of nitrogens with two attached hydrogens (primary N) is 1. The second-order valence-corrected chi connectivity index (χ2v) is 5.63. The van der Waals surface area contributed by atoms with Gasteiger partial charge in [-0.3, -0.25) is 4.79 Å². The average molecular weight is 263 g/mol. The molecule has 0 fully saturated rings. The van der Waals surface area contributed by atoms with Gasteiger partial charge in [0.1, 0.15) is 5.75 Å². The second kappa shape index (κ2) is 5.09. The second-order valence-electron chi connectivity index (χ2n) is 5.63. The van der Waals surface area contributed by atoms with Crippen molar-refractivity contribution in [1.29, 1.82) is 0 Å². The molecule has 5 nitrogen and oxygen atoms in total. The number of rotatable bonds is 4. The lowest BCUT2D eigenvalue weighted by Gasteiger charge is -2.24. The van der Waals surface area contributed by atoms with E-state index in [-0.39, 0.29) is 11.4 Å². The molecule has 2 rings (SSSR count). The number of fused-ring (bicyclic) bond motifs is 1. The van der Waals surface area contributed by atoms with Crippen molar-refractivity contribution in [1.82, 2.24) is 0 Å². The van der Waals surface area contributed by atoms with Crippen LogP contribution in [0.1, 0.15) is 27.2 Å². The molecule has 0 radical (unpaired) electrons. The molecule has 1 aliphatic rings. The number of carbonyl (C=O) groups excluding carboxylic acids is 1. The maximum atomic E-state index is 11.5. The summed E-state index contributed by atoms with van der Waals surface area (Å²) in [5.74, 6) is 0.588. The largest absolute Gasteiger partial charge is 0.479 e. The zero-order chi connectivity index (χ0) is 14.0. The third-order valence-electron chi connectivity index (χ3n) is 3.01. The summed E-state index contributed by atoms with van der Waals surface area (Å²) in [5, 5.41) is 6.12. The summed E-state index contributed by atoms with van der Waals surface area (Å²) in [5.41, 5.74) is 7.39. The zero-order valence-electron chi connectivity index (χ0n) is 11.6. The molecule has 4 N–H and O–H groups in total. The maximum Gasteiger partial charge on any atom is 0.265 e. The smallest absolute Gasteiger partial charge is 0.265 e. The Morgan fingerprint density at radius 1 is 1.47 bits per heavy atom. The Bertz CT molecular complexity index is 480. The van der Waals surface area contributed by atoms with E-state index >= 15 is 0 Å². The van der Waals surface area contributed by atoms with Gasteiger partial charge in [0.25, 0.3) is 5.91 Å². The van der Waals surface area contributed by atoms with Gasteiger partial charge in [-0.25, -0.2) is 0 Å². The number of hydrogen-bond acceptors (Lipinski definition) is 4. The molecule has 0 bridgehead atoms. The summed E-state index contributed by atoms with van der Waals surface area (Å²) in [4.78, 5) is 11.5. The lowest BCUT2D eigenvalue weighted by atomic mass is 10.0. The van der Waals surface area contributed by atoms with E-state index in [2.05, 4.69) is 10.6 Å². The van der Waals surface area contributed by atoms with Crippen LogP contribution in [-0.2, 0) is 4.79 Å². The maximum absolute atomic E-state index is 11.5. The molecule has 1 aromatic carbocycles. The van der Waals surface area contributed by atoms with Gasteiger partial charge in [0.2, 0.25) is 0 Å². The topological polar surface area (TPSA) is 76.4 Å². The van der Waals surface area contributed by atoms with Gasteiger partial charge in [-0.05, 0) is 45.4 Å². The van der Waals surface area contributed by atoms with Gasteiger partial charge < -0.3 is 21.1 Å². The van der Waals surface area contributed by atoms with Gasteiger partial charge in [-0.1, -0.05) is 0 Å². The summed E-state index contributed by atoms with van der Waals surface area (Å²) >= 11 is 0. The molecule has 1 heterocycles. The van der Waals surface area contributed by atoms with Crippen LogP contribution in [0.4, 0.5) is 11.4 Å². The standard InChI is InChI=1S/C14H21N3O2/c1-9-13(18)17-11-8-10(4-5-12(11)19-9)16-7-6-14(2,3)15/h4-5,8-9,16H,6-7,15H2,1-3H3,(H,17,18). The fourth-order valence-corrected chi connectivity index (χ4v) is 1.85. The number of nitrogens with one attached hydrogen (secondary N) is 2. The van der Waals surface area contributed by atoms with E-state index in [0.717, 1.165) is 18.7 Å². The van der Waals surface area contributed by atoms with Crippen LogP contribution in [0.2, 0.25) is 0 Å². The molecule has 104 valence electrons. The van der Waals surface area contributed by atoms with Gasteiger partial charge in [0.15, 0.2) is 6.10 Å². The Morgan fingerprint density at radius 3 is 2.89 bits per heavy atom. The molecule has 0 spiro atoms. The van der Waals surface area contributed by atoms with Crippen LogP contribution in [0.25, 0.3) is 0 Å². The minimum absolute atomic E-state index is 0.118. The first-order chi connectivity index (χ1) is 8.85. The first-order valence-corrected chi connectivity index (χ1v) is 6.49. The Morgan fingerprint density at radius 2 is 2.21 bits per heavy atom. The molecule has 0 saturated heterocycles. The van der Waals surface area contributed by atoms with E-state index in [0.29, 0.717) is 11.4 Å². The van der Waals surface area contributed by atoms with Crippen LogP contribution < -0.4 is 21.1 Å². The molecular weight excluding hydrogens is 242 g/mol. The molecule has 0 saturated carbocycles. The first-order valence-electron chi connectivity index (χ1n) is 6.49. The molecule has 0 aliphatic carbocycles. The highest BCUT2D eigenvalue weighted by molar-refractivity contribution is 5.98. The fraction of sp³-hybridized carbons (Fsp3) is 0.500. The van der Waals surface area contributed by atoms with Crippen molar-refractivity contribution < 1.29 is 9.53 Å². The van der Waals surface area contributed by atoms with Crippen molar-refractivity contribution in [2.75, 3.05) is 17.2 Å². The van der Waals surface area contributed by atoms with E-state index in [1.54, 1.807) is 6.92 Å². The molecule has 5 heteroatoms. The normalized spacial score (nSPS) is 18.3. The van der Waals surface area contributed by atoms with Crippen molar-refractivity contribution in [2.45, 2.75) is 38.8 Å². The Labute approximate surface area is 113 Å². The van der Waals surface area contributed by atoms with E-state index in [9.17, 15) is 4.79 Å². The molecule has 1 aromatic rings. The van der Waals surface area contributed by atoms with Gasteiger partial charge in [0, 0.05) is 17.8 Å². The zero-order valence-corrected chi connectivity index (χ0v) is 11.6. The van der Waals surface area contributed by atoms with Crippen LogP contribution >= 0.6 is 0 Å². The molecule has 1 atom stereocenters. The minimum atomic E-state index is -0.440. The van der Waals surface area contributed by atoms with Gasteiger partial charge in [-0.2, -0.15) is 0 Å². The van der Waals surface area contributed by atoms with Crippen LogP contribution in [0, 0.1) is 0 Å². The van der Waals surface area contributed by atoms with Gasteiger partial charge in [0.05, 0.1) is 5.69 Å². The molecule has 19 heavy (non-hydrogen) atoms. The Kier molecular flexibility index (Phi) is 3.66.